The molecule has 0 spiro atoms. The Morgan fingerprint density at radius 1 is 1.16 bits per heavy atom. The highest BCUT2D eigenvalue weighted by Gasteiger charge is 2.06. The monoisotopic (exact) mass is 286 g/mol. The van der Waals surface area contributed by atoms with Crippen LogP contribution in [0, 0.1) is 0 Å². The van der Waals surface area contributed by atoms with Gasteiger partial charge in [-0.05, 0) is 19.4 Å². The van der Waals surface area contributed by atoms with Gasteiger partial charge in [-0.2, -0.15) is 0 Å². The van der Waals surface area contributed by atoms with Crippen molar-refractivity contribution in [3.05, 3.63) is 35.9 Å². The molecule has 0 aromatic heterocycles. The topological polar surface area (TPSA) is 56.8 Å². The molecule has 1 aromatic rings. The zero-order chi connectivity index (χ0) is 13.2. The fraction of sp³-hybridized carbons (Fsp3) is 0.500. The first-order valence-corrected chi connectivity index (χ1v) is 6.32. The highest BCUT2D eigenvalue weighted by Crippen LogP contribution is 2.01. The third-order valence-electron chi connectivity index (χ3n) is 2.38. The van der Waals surface area contributed by atoms with Crippen LogP contribution in [0.25, 0.3) is 0 Å². The lowest BCUT2D eigenvalue weighted by atomic mass is 10.1. The summed E-state index contributed by atoms with van der Waals surface area (Å²) >= 11 is 0. The van der Waals surface area contributed by atoms with Crippen molar-refractivity contribution in [2.45, 2.75) is 26.6 Å². The summed E-state index contributed by atoms with van der Waals surface area (Å²) in [5, 5.41) is 0. The van der Waals surface area contributed by atoms with Gasteiger partial charge in [0.2, 0.25) is 0 Å². The van der Waals surface area contributed by atoms with Crippen LogP contribution in [-0.2, 0) is 15.9 Å². The number of nitrogens with two attached hydrogens (primary N) is 1. The zero-order valence-electron chi connectivity index (χ0n) is 11.5. The SMILES string of the molecule is CCOC(CN=C(N)Cc1ccccc1)OCC.Cl. The van der Waals surface area contributed by atoms with Gasteiger partial charge in [0.05, 0.1) is 12.4 Å². The molecule has 5 heteroatoms. The lowest BCUT2D eigenvalue weighted by molar-refractivity contribution is -0.128. The number of hydrogen-bond donors (Lipinski definition) is 1. The highest BCUT2D eigenvalue weighted by atomic mass is 35.5. The van der Waals surface area contributed by atoms with E-state index >= 15 is 0 Å². The first kappa shape index (κ1) is 17.9. The number of aliphatic imine (C=N–C) groups is 1. The summed E-state index contributed by atoms with van der Waals surface area (Å²) in [6.45, 7) is 5.53. The standard InChI is InChI=1S/C14H22N2O2.ClH/c1-3-17-14(18-4-2)11-16-13(15)10-12-8-6-5-7-9-12;/h5-9,14H,3-4,10-11H2,1-2H3,(H2,15,16);1H. The Kier molecular flexibility index (Phi) is 10.2. The normalized spacial score (nSPS) is 11.4. The average Bonchev–Trinajstić information content (AvgIpc) is 2.38. The van der Waals surface area contributed by atoms with Crippen molar-refractivity contribution >= 4 is 18.2 Å². The molecule has 2 N–H and O–H groups in total. The molecular formula is C14H23ClN2O2. The number of nitrogens with zero attached hydrogens (tertiary/aromatic N) is 1. The highest BCUT2D eigenvalue weighted by molar-refractivity contribution is 5.85. The largest absolute Gasteiger partial charge is 0.387 e. The van der Waals surface area contributed by atoms with Crippen molar-refractivity contribution in [1.29, 1.82) is 0 Å². The maximum Gasteiger partial charge on any atom is 0.176 e. The van der Waals surface area contributed by atoms with Crippen molar-refractivity contribution in [3.8, 4) is 0 Å². The summed E-state index contributed by atoms with van der Waals surface area (Å²) < 4.78 is 10.8. The van der Waals surface area contributed by atoms with E-state index in [1.54, 1.807) is 0 Å². The molecule has 19 heavy (non-hydrogen) atoms. The summed E-state index contributed by atoms with van der Waals surface area (Å²) in [6.07, 6.45) is 0.362. The summed E-state index contributed by atoms with van der Waals surface area (Å²) in [6, 6.07) is 10.0. The second-order valence-corrected chi connectivity index (χ2v) is 3.83. The van der Waals surface area contributed by atoms with E-state index in [1.807, 2.05) is 44.2 Å². The molecule has 0 aliphatic heterocycles. The Bertz CT molecular complexity index is 352. The van der Waals surface area contributed by atoms with Gasteiger partial charge in [0.1, 0.15) is 0 Å². The fourth-order valence-corrected chi connectivity index (χ4v) is 1.58. The van der Waals surface area contributed by atoms with Gasteiger partial charge < -0.3 is 15.2 Å². The van der Waals surface area contributed by atoms with Gasteiger partial charge in [-0.3, -0.25) is 4.99 Å². The lowest BCUT2D eigenvalue weighted by Gasteiger charge is -2.14. The molecular weight excluding hydrogens is 264 g/mol. The molecule has 1 aromatic carbocycles. The molecule has 0 aliphatic carbocycles. The van der Waals surface area contributed by atoms with E-state index in [9.17, 15) is 0 Å². The summed E-state index contributed by atoms with van der Waals surface area (Å²) in [4.78, 5) is 4.30. The van der Waals surface area contributed by atoms with Gasteiger partial charge in [0, 0.05) is 19.6 Å². The molecule has 4 nitrogen and oxygen atoms in total. The minimum atomic E-state index is -0.297. The summed E-state index contributed by atoms with van der Waals surface area (Å²) in [5.41, 5.74) is 7.04. The van der Waals surface area contributed by atoms with Crippen molar-refractivity contribution in [3.63, 3.8) is 0 Å². The maximum absolute atomic E-state index is 5.89. The number of halogens is 1. The number of hydrogen-bond acceptors (Lipinski definition) is 3. The van der Waals surface area contributed by atoms with Crippen LogP contribution in [0.15, 0.2) is 35.3 Å². The molecule has 0 fully saturated rings. The van der Waals surface area contributed by atoms with Crippen LogP contribution in [-0.4, -0.2) is 31.9 Å². The van der Waals surface area contributed by atoms with E-state index in [1.165, 1.54) is 0 Å². The molecule has 0 atom stereocenters. The van der Waals surface area contributed by atoms with E-state index in [-0.39, 0.29) is 18.7 Å². The van der Waals surface area contributed by atoms with Gasteiger partial charge in [-0.15, -0.1) is 12.4 Å². The molecule has 0 heterocycles. The number of ether oxygens (including phenoxy) is 2. The molecule has 1 rings (SSSR count). The molecule has 0 bridgehead atoms. The molecule has 0 aliphatic rings. The fourth-order valence-electron chi connectivity index (χ4n) is 1.58. The second-order valence-electron chi connectivity index (χ2n) is 3.83. The van der Waals surface area contributed by atoms with Crippen LogP contribution < -0.4 is 5.73 Å². The van der Waals surface area contributed by atoms with Crippen LogP contribution in [0.5, 0.6) is 0 Å². The molecule has 0 radical (unpaired) electrons. The first-order valence-electron chi connectivity index (χ1n) is 6.32. The van der Waals surface area contributed by atoms with Crippen LogP contribution in [0.1, 0.15) is 19.4 Å². The average molecular weight is 287 g/mol. The predicted molar refractivity (Wildman–Crippen MR) is 80.9 cm³/mol. The lowest BCUT2D eigenvalue weighted by Crippen LogP contribution is -2.24. The van der Waals surface area contributed by atoms with E-state index in [0.29, 0.717) is 32.0 Å². The number of rotatable bonds is 8. The van der Waals surface area contributed by atoms with Crippen molar-refractivity contribution in [2.75, 3.05) is 19.8 Å². The third kappa shape index (κ3) is 7.82. The Morgan fingerprint density at radius 3 is 2.26 bits per heavy atom. The Labute approximate surface area is 121 Å². The van der Waals surface area contributed by atoms with Crippen LogP contribution >= 0.6 is 12.4 Å². The van der Waals surface area contributed by atoms with Crippen molar-refractivity contribution in [2.24, 2.45) is 10.7 Å². The molecule has 0 unspecified atom stereocenters. The third-order valence-corrected chi connectivity index (χ3v) is 2.38. The van der Waals surface area contributed by atoms with E-state index in [4.69, 9.17) is 15.2 Å². The van der Waals surface area contributed by atoms with Crippen molar-refractivity contribution in [1.82, 2.24) is 0 Å². The van der Waals surface area contributed by atoms with E-state index < -0.39 is 0 Å². The van der Waals surface area contributed by atoms with Crippen LogP contribution in [0.2, 0.25) is 0 Å². The van der Waals surface area contributed by atoms with Gasteiger partial charge >= 0.3 is 0 Å². The Hall–Kier alpha value is -1.10. The number of benzene rings is 1. The van der Waals surface area contributed by atoms with Crippen LogP contribution in [0.3, 0.4) is 0 Å². The summed E-state index contributed by atoms with van der Waals surface area (Å²) in [5.74, 6) is 0.602. The van der Waals surface area contributed by atoms with Gasteiger partial charge in [-0.1, -0.05) is 30.3 Å². The Balaban J connectivity index is 0.00000324. The molecule has 0 saturated heterocycles. The van der Waals surface area contributed by atoms with Crippen LogP contribution in [0.4, 0.5) is 0 Å². The van der Waals surface area contributed by atoms with Gasteiger partial charge in [0.25, 0.3) is 0 Å². The summed E-state index contributed by atoms with van der Waals surface area (Å²) in [7, 11) is 0. The minimum absolute atomic E-state index is 0. The minimum Gasteiger partial charge on any atom is -0.387 e. The zero-order valence-corrected chi connectivity index (χ0v) is 12.4. The van der Waals surface area contributed by atoms with E-state index in [0.717, 1.165) is 5.56 Å². The molecule has 0 saturated carbocycles. The predicted octanol–water partition coefficient (Wildman–Crippen LogP) is 2.41. The Morgan fingerprint density at radius 2 is 1.74 bits per heavy atom. The second kappa shape index (κ2) is 10.8. The number of amidine groups is 1. The van der Waals surface area contributed by atoms with E-state index in [2.05, 4.69) is 4.99 Å². The quantitative estimate of drug-likeness (QED) is 0.454. The maximum atomic E-state index is 5.89. The first-order chi connectivity index (χ1) is 8.76. The van der Waals surface area contributed by atoms with Crippen molar-refractivity contribution < 1.29 is 9.47 Å². The molecule has 108 valence electrons. The van der Waals surface area contributed by atoms with Gasteiger partial charge in [-0.25, -0.2) is 0 Å². The molecule has 0 amide bonds. The van der Waals surface area contributed by atoms with Gasteiger partial charge in [0.15, 0.2) is 6.29 Å². The smallest absolute Gasteiger partial charge is 0.176 e.